The maximum absolute atomic E-state index is 11.9. The van der Waals surface area contributed by atoms with Crippen molar-refractivity contribution in [1.82, 2.24) is 20.4 Å². The van der Waals surface area contributed by atoms with Gasteiger partial charge in [-0.3, -0.25) is 9.59 Å². The molecule has 0 aliphatic carbocycles. The third-order valence-electron chi connectivity index (χ3n) is 4.20. The molecule has 2 amide bonds. The van der Waals surface area contributed by atoms with Gasteiger partial charge in [0.05, 0.1) is 13.3 Å². The molecule has 6 nitrogen and oxygen atoms in total. The van der Waals surface area contributed by atoms with Crippen molar-refractivity contribution < 1.29 is 9.59 Å². The smallest absolute Gasteiger partial charge is 0.223 e. The largest absolute Gasteiger partial charge is 0.345 e. The van der Waals surface area contributed by atoms with Gasteiger partial charge in [0.2, 0.25) is 11.8 Å². The van der Waals surface area contributed by atoms with Crippen LogP contribution < -0.4 is 10.6 Å². The fourth-order valence-electron chi connectivity index (χ4n) is 2.81. The van der Waals surface area contributed by atoms with E-state index in [-0.39, 0.29) is 11.8 Å². The van der Waals surface area contributed by atoms with E-state index in [1.807, 2.05) is 9.80 Å². The first-order valence-corrected chi connectivity index (χ1v) is 8.65. The van der Waals surface area contributed by atoms with E-state index in [1.165, 1.54) is 0 Å². The molecule has 2 fully saturated rings. The van der Waals surface area contributed by atoms with Crippen molar-refractivity contribution in [3.63, 3.8) is 0 Å². The topological polar surface area (TPSA) is 64.7 Å². The molecule has 0 aromatic rings. The van der Waals surface area contributed by atoms with Gasteiger partial charge in [0.15, 0.2) is 5.11 Å². The first kappa shape index (κ1) is 17.0. The average molecular weight is 326 g/mol. The Hall–Kier alpha value is -1.37. The van der Waals surface area contributed by atoms with Crippen LogP contribution in [0.15, 0.2) is 0 Å². The zero-order valence-electron chi connectivity index (χ0n) is 13.1. The minimum Gasteiger partial charge on any atom is -0.345 e. The number of amides is 2. The van der Waals surface area contributed by atoms with Crippen LogP contribution in [-0.4, -0.2) is 53.2 Å². The summed E-state index contributed by atoms with van der Waals surface area (Å²) in [7, 11) is 0. The first-order chi connectivity index (χ1) is 10.7. The second-order valence-electron chi connectivity index (χ2n) is 5.93. The Kier molecular flexibility index (Phi) is 6.89. The van der Waals surface area contributed by atoms with E-state index in [0.29, 0.717) is 31.3 Å². The summed E-state index contributed by atoms with van der Waals surface area (Å²) in [5.41, 5.74) is 0. The van der Waals surface area contributed by atoms with Gasteiger partial charge in [-0.15, -0.1) is 0 Å². The highest BCUT2D eigenvalue weighted by Gasteiger charge is 2.18. The molecule has 2 N–H and O–H groups in total. The Morgan fingerprint density at radius 2 is 1.27 bits per heavy atom. The van der Waals surface area contributed by atoms with Gasteiger partial charge < -0.3 is 20.4 Å². The highest BCUT2D eigenvalue weighted by atomic mass is 32.1. The summed E-state index contributed by atoms with van der Waals surface area (Å²) in [6.45, 7) is 2.47. The zero-order chi connectivity index (χ0) is 15.8. The van der Waals surface area contributed by atoms with Crippen LogP contribution in [0.2, 0.25) is 0 Å². The van der Waals surface area contributed by atoms with Gasteiger partial charge in [0.25, 0.3) is 0 Å². The molecule has 0 saturated carbocycles. The second-order valence-corrected chi connectivity index (χ2v) is 6.34. The molecule has 0 aromatic carbocycles. The van der Waals surface area contributed by atoms with Gasteiger partial charge in [-0.1, -0.05) is 12.8 Å². The number of carbonyl (C=O) groups is 2. The van der Waals surface area contributed by atoms with E-state index in [1.54, 1.807) is 0 Å². The van der Waals surface area contributed by atoms with Crippen molar-refractivity contribution in [3.8, 4) is 0 Å². The summed E-state index contributed by atoms with van der Waals surface area (Å²) in [6, 6.07) is 0. The molecule has 22 heavy (non-hydrogen) atoms. The summed E-state index contributed by atoms with van der Waals surface area (Å²) in [5, 5.41) is 6.63. The molecule has 0 atom stereocenters. The lowest BCUT2D eigenvalue weighted by Gasteiger charge is -2.24. The predicted octanol–water partition coefficient (Wildman–Crippen LogP) is 1.17. The number of likely N-dealkylation sites (tertiary alicyclic amines) is 2. The maximum atomic E-state index is 11.9. The van der Waals surface area contributed by atoms with Gasteiger partial charge in [-0.25, -0.2) is 0 Å². The van der Waals surface area contributed by atoms with Crippen molar-refractivity contribution in [2.75, 3.05) is 26.4 Å². The number of hydrogen-bond donors (Lipinski definition) is 2. The SMILES string of the molecule is O=C1CCCCCN1CNC(=S)NCN1CCCCCC1=O. The van der Waals surface area contributed by atoms with E-state index in [4.69, 9.17) is 12.2 Å². The Bertz CT molecular complexity index is 380. The second kappa shape index (κ2) is 8.92. The Morgan fingerprint density at radius 3 is 1.73 bits per heavy atom. The van der Waals surface area contributed by atoms with E-state index in [0.717, 1.165) is 51.6 Å². The summed E-state index contributed by atoms with van der Waals surface area (Å²) >= 11 is 5.24. The standard InChI is InChI=1S/C15H26N4O2S/c20-13-7-3-1-5-9-18(13)11-16-15(22)17-12-19-10-6-2-4-8-14(19)21/h1-12H2,(H2,16,17,22). The molecule has 2 saturated heterocycles. The predicted molar refractivity (Wildman–Crippen MR) is 89.0 cm³/mol. The molecule has 2 heterocycles. The molecule has 0 radical (unpaired) electrons. The number of rotatable bonds is 4. The van der Waals surface area contributed by atoms with Gasteiger partial charge in [0, 0.05) is 25.9 Å². The lowest BCUT2D eigenvalue weighted by Crippen LogP contribution is -2.48. The lowest BCUT2D eigenvalue weighted by molar-refractivity contribution is -0.131. The van der Waals surface area contributed by atoms with Crippen molar-refractivity contribution in [3.05, 3.63) is 0 Å². The normalized spacial score (nSPS) is 20.4. The molecule has 0 bridgehead atoms. The Morgan fingerprint density at radius 1 is 0.818 bits per heavy atom. The van der Waals surface area contributed by atoms with E-state index < -0.39 is 0 Å². The summed E-state index contributed by atoms with van der Waals surface area (Å²) < 4.78 is 0. The van der Waals surface area contributed by atoms with Crippen LogP contribution in [0.25, 0.3) is 0 Å². The molecular weight excluding hydrogens is 300 g/mol. The van der Waals surface area contributed by atoms with Crippen molar-refractivity contribution in [2.24, 2.45) is 0 Å². The molecule has 7 heteroatoms. The molecular formula is C15H26N4O2S. The van der Waals surface area contributed by atoms with Crippen LogP contribution in [0.5, 0.6) is 0 Å². The average Bonchev–Trinajstić information content (AvgIpc) is 2.83. The molecule has 0 unspecified atom stereocenters. The molecule has 2 aliphatic rings. The van der Waals surface area contributed by atoms with Crippen LogP contribution in [0, 0.1) is 0 Å². The molecule has 2 rings (SSSR count). The third kappa shape index (κ3) is 5.44. The lowest BCUT2D eigenvalue weighted by atomic mass is 10.2. The van der Waals surface area contributed by atoms with Crippen LogP contribution in [0.3, 0.4) is 0 Å². The first-order valence-electron chi connectivity index (χ1n) is 8.24. The number of nitrogens with one attached hydrogen (secondary N) is 2. The molecule has 0 spiro atoms. The number of thiocarbonyl (C=S) groups is 1. The van der Waals surface area contributed by atoms with Crippen LogP contribution >= 0.6 is 12.2 Å². The number of nitrogens with zero attached hydrogens (tertiary/aromatic N) is 2. The summed E-state index contributed by atoms with van der Waals surface area (Å²) in [6.07, 6.45) is 7.55. The van der Waals surface area contributed by atoms with Gasteiger partial charge in [-0.2, -0.15) is 0 Å². The minimum absolute atomic E-state index is 0.190. The molecule has 124 valence electrons. The number of hydrogen-bond acceptors (Lipinski definition) is 3. The highest BCUT2D eigenvalue weighted by molar-refractivity contribution is 7.80. The fraction of sp³-hybridized carbons (Fsp3) is 0.800. The monoisotopic (exact) mass is 326 g/mol. The van der Waals surface area contributed by atoms with Gasteiger partial charge in [0.1, 0.15) is 0 Å². The Labute approximate surface area is 137 Å². The quantitative estimate of drug-likeness (QED) is 0.759. The minimum atomic E-state index is 0.190. The van der Waals surface area contributed by atoms with E-state index >= 15 is 0 Å². The zero-order valence-corrected chi connectivity index (χ0v) is 13.9. The van der Waals surface area contributed by atoms with Crippen molar-refractivity contribution in [2.45, 2.75) is 51.4 Å². The number of carbonyl (C=O) groups excluding carboxylic acids is 2. The van der Waals surface area contributed by atoms with Crippen molar-refractivity contribution >= 4 is 29.1 Å². The molecule has 0 aromatic heterocycles. The molecule has 2 aliphatic heterocycles. The summed E-state index contributed by atoms with van der Waals surface area (Å²) in [5.74, 6) is 0.381. The fourth-order valence-corrected chi connectivity index (χ4v) is 2.94. The van der Waals surface area contributed by atoms with Crippen LogP contribution in [-0.2, 0) is 9.59 Å². The maximum Gasteiger partial charge on any atom is 0.223 e. The van der Waals surface area contributed by atoms with Crippen LogP contribution in [0.1, 0.15) is 51.4 Å². The highest BCUT2D eigenvalue weighted by Crippen LogP contribution is 2.11. The van der Waals surface area contributed by atoms with Crippen LogP contribution in [0.4, 0.5) is 0 Å². The van der Waals surface area contributed by atoms with Crippen molar-refractivity contribution in [1.29, 1.82) is 0 Å². The van der Waals surface area contributed by atoms with Gasteiger partial charge in [-0.05, 0) is 37.9 Å². The van der Waals surface area contributed by atoms with E-state index in [9.17, 15) is 9.59 Å². The Balaban J connectivity index is 1.68. The van der Waals surface area contributed by atoms with Gasteiger partial charge >= 0.3 is 0 Å². The van der Waals surface area contributed by atoms with E-state index in [2.05, 4.69) is 10.6 Å². The third-order valence-corrected chi connectivity index (χ3v) is 4.49. The summed E-state index contributed by atoms with van der Waals surface area (Å²) in [4.78, 5) is 27.4.